The van der Waals surface area contributed by atoms with Crippen molar-refractivity contribution in [3.8, 4) is 0 Å². The van der Waals surface area contributed by atoms with E-state index in [0.29, 0.717) is 12.2 Å². The van der Waals surface area contributed by atoms with Crippen molar-refractivity contribution in [3.05, 3.63) is 39.9 Å². The molecule has 1 aliphatic rings. The van der Waals surface area contributed by atoms with Gasteiger partial charge in [0.25, 0.3) is 5.69 Å². The molecule has 0 N–H and O–H groups in total. The molecule has 1 fully saturated rings. The summed E-state index contributed by atoms with van der Waals surface area (Å²) < 4.78 is 11.1. The molecular formula is C12H14NO4Si. The molecule has 1 saturated heterocycles. The monoisotopic (exact) mass is 264 g/mol. The number of ether oxygens (including phenoxy) is 2. The fourth-order valence-electron chi connectivity index (χ4n) is 1.89. The van der Waals surface area contributed by atoms with Gasteiger partial charge in [-0.2, -0.15) is 0 Å². The van der Waals surface area contributed by atoms with Crippen LogP contribution in [-0.4, -0.2) is 27.2 Å². The van der Waals surface area contributed by atoms with Gasteiger partial charge in [-0.05, 0) is 25.3 Å². The molecule has 0 spiro atoms. The van der Waals surface area contributed by atoms with Crippen molar-refractivity contribution in [2.24, 2.45) is 0 Å². The zero-order chi connectivity index (χ0) is 13.0. The molecule has 1 unspecified atom stereocenters. The minimum Gasteiger partial charge on any atom is -0.355 e. The van der Waals surface area contributed by atoms with E-state index in [-0.39, 0.29) is 12.3 Å². The molecule has 1 aliphatic heterocycles. The first kappa shape index (κ1) is 13.2. The highest BCUT2D eigenvalue weighted by Crippen LogP contribution is 2.26. The van der Waals surface area contributed by atoms with Crippen LogP contribution in [0, 0.1) is 10.1 Å². The van der Waals surface area contributed by atoms with E-state index in [9.17, 15) is 10.1 Å². The first-order chi connectivity index (χ1) is 8.61. The van der Waals surface area contributed by atoms with Crippen LogP contribution in [0.1, 0.15) is 24.8 Å². The molecule has 18 heavy (non-hydrogen) atoms. The SMILES string of the molecule is O=[N+]([O-])c1ccccc1COC1([Si])CCCCO1. The standard InChI is InChI=1S/C12H14NO4Si/c14-13(15)11-6-2-1-5-10(11)9-17-12(18)7-3-4-8-16-12/h1-2,5-6H,3-4,7-9H2. The van der Waals surface area contributed by atoms with Gasteiger partial charge in [-0.1, -0.05) is 12.1 Å². The van der Waals surface area contributed by atoms with E-state index < -0.39 is 10.3 Å². The van der Waals surface area contributed by atoms with Crippen molar-refractivity contribution in [3.63, 3.8) is 0 Å². The van der Waals surface area contributed by atoms with Gasteiger partial charge in [0.2, 0.25) is 0 Å². The molecule has 1 aromatic rings. The molecule has 1 aromatic carbocycles. The summed E-state index contributed by atoms with van der Waals surface area (Å²) in [5, 5.41) is 10.9. The Hall–Kier alpha value is -1.24. The first-order valence-electron chi connectivity index (χ1n) is 5.86. The summed E-state index contributed by atoms with van der Waals surface area (Å²) in [5.41, 5.74) is -0.181. The molecule has 1 heterocycles. The van der Waals surface area contributed by atoms with Crippen LogP contribution in [0.25, 0.3) is 0 Å². The molecule has 2 rings (SSSR count). The van der Waals surface area contributed by atoms with Gasteiger partial charge < -0.3 is 9.47 Å². The topological polar surface area (TPSA) is 61.6 Å². The average molecular weight is 264 g/mol. The molecule has 0 amide bonds. The molecular weight excluding hydrogens is 250 g/mol. The van der Waals surface area contributed by atoms with E-state index in [4.69, 9.17) is 9.47 Å². The van der Waals surface area contributed by atoms with E-state index >= 15 is 0 Å². The highest BCUT2D eigenvalue weighted by atomic mass is 28.1. The highest BCUT2D eigenvalue weighted by molar-refractivity contribution is 6.13. The van der Waals surface area contributed by atoms with Gasteiger partial charge in [-0.25, -0.2) is 0 Å². The molecule has 6 heteroatoms. The van der Waals surface area contributed by atoms with Gasteiger partial charge in [0.15, 0.2) is 0 Å². The lowest BCUT2D eigenvalue weighted by molar-refractivity contribution is -0.386. The van der Waals surface area contributed by atoms with Crippen molar-refractivity contribution in [2.75, 3.05) is 6.61 Å². The van der Waals surface area contributed by atoms with Crippen LogP contribution in [-0.2, 0) is 16.1 Å². The maximum Gasteiger partial charge on any atom is 0.274 e. The van der Waals surface area contributed by atoms with E-state index in [1.807, 2.05) is 0 Å². The van der Waals surface area contributed by atoms with Gasteiger partial charge >= 0.3 is 0 Å². The zero-order valence-corrected chi connectivity index (χ0v) is 10.9. The lowest BCUT2D eigenvalue weighted by Crippen LogP contribution is -2.39. The van der Waals surface area contributed by atoms with E-state index in [0.717, 1.165) is 19.3 Å². The van der Waals surface area contributed by atoms with Crippen LogP contribution in [0.4, 0.5) is 5.69 Å². The van der Waals surface area contributed by atoms with Crippen LogP contribution in [0.5, 0.6) is 0 Å². The number of hydrogen-bond donors (Lipinski definition) is 0. The molecule has 0 bridgehead atoms. The Bertz CT molecular complexity index is 432. The minimum absolute atomic E-state index is 0.0728. The summed E-state index contributed by atoms with van der Waals surface area (Å²) in [4.78, 5) is 10.5. The third-order valence-corrected chi connectivity index (χ3v) is 3.42. The zero-order valence-electron chi connectivity index (χ0n) is 9.93. The first-order valence-corrected chi connectivity index (χ1v) is 6.36. The van der Waals surface area contributed by atoms with Crippen molar-refractivity contribution in [1.82, 2.24) is 0 Å². The van der Waals surface area contributed by atoms with Gasteiger partial charge in [0.1, 0.15) is 15.7 Å². The maximum atomic E-state index is 10.9. The van der Waals surface area contributed by atoms with Crippen LogP contribution < -0.4 is 0 Å². The predicted molar refractivity (Wildman–Crippen MR) is 66.2 cm³/mol. The molecule has 0 aliphatic carbocycles. The Morgan fingerprint density at radius 1 is 1.44 bits per heavy atom. The molecule has 3 radical (unpaired) electrons. The Labute approximate surface area is 109 Å². The number of nitro benzene ring substituents is 1. The van der Waals surface area contributed by atoms with Gasteiger partial charge in [0, 0.05) is 12.7 Å². The molecule has 0 aromatic heterocycles. The van der Waals surface area contributed by atoms with Crippen molar-refractivity contribution < 1.29 is 14.4 Å². The number of nitro groups is 1. The second kappa shape index (κ2) is 5.60. The number of nitrogens with zero attached hydrogens (tertiary/aromatic N) is 1. The average Bonchev–Trinajstić information content (AvgIpc) is 2.38. The number of para-hydroxylation sites is 1. The van der Waals surface area contributed by atoms with Crippen molar-refractivity contribution >= 4 is 15.9 Å². The molecule has 95 valence electrons. The van der Waals surface area contributed by atoms with E-state index in [2.05, 4.69) is 10.2 Å². The normalized spacial score (nSPS) is 23.8. The largest absolute Gasteiger partial charge is 0.355 e. The summed E-state index contributed by atoms with van der Waals surface area (Å²) in [5.74, 6) is 0. The summed E-state index contributed by atoms with van der Waals surface area (Å²) >= 11 is 0. The van der Waals surface area contributed by atoms with Crippen LogP contribution >= 0.6 is 0 Å². The van der Waals surface area contributed by atoms with Crippen LogP contribution in [0.15, 0.2) is 24.3 Å². The fourth-order valence-corrected chi connectivity index (χ4v) is 2.24. The molecule has 5 nitrogen and oxygen atoms in total. The van der Waals surface area contributed by atoms with E-state index in [1.54, 1.807) is 18.2 Å². The summed E-state index contributed by atoms with van der Waals surface area (Å²) in [7, 11) is 3.46. The number of hydrogen-bond acceptors (Lipinski definition) is 4. The quantitative estimate of drug-likeness (QED) is 0.475. The lowest BCUT2D eigenvalue weighted by Gasteiger charge is -2.33. The third kappa shape index (κ3) is 3.15. The van der Waals surface area contributed by atoms with Gasteiger partial charge in [0.05, 0.1) is 17.1 Å². The lowest BCUT2D eigenvalue weighted by atomic mass is 10.2. The summed E-state index contributed by atoms with van der Waals surface area (Å²) in [6, 6.07) is 6.56. The molecule has 0 saturated carbocycles. The molecule has 1 atom stereocenters. The highest BCUT2D eigenvalue weighted by Gasteiger charge is 2.29. The maximum absolute atomic E-state index is 10.9. The third-order valence-electron chi connectivity index (χ3n) is 2.88. The summed E-state index contributed by atoms with van der Waals surface area (Å²) in [6.45, 7) is 0.793. The smallest absolute Gasteiger partial charge is 0.274 e. The van der Waals surface area contributed by atoms with Gasteiger partial charge in [-0.15, -0.1) is 0 Å². The van der Waals surface area contributed by atoms with Crippen molar-refractivity contribution in [2.45, 2.75) is 31.3 Å². The van der Waals surface area contributed by atoms with Crippen LogP contribution in [0.3, 0.4) is 0 Å². The fraction of sp³-hybridized carbons (Fsp3) is 0.500. The Morgan fingerprint density at radius 3 is 2.89 bits per heavy atom. The van der Waals surface area contributed by atoms with Crippen LogP contribution in [0.2, 0.25) is 0 Å². The minimum atomic E-state index is -0.804. The van der Waals surface area contributed by atoms with E-state index in [1.165, 1.54) is 6.07 Å². The Kier molecular flexibility index (Phi) is 4.10. The Morgan fingerprint density at radius 2 is 2.22 bits per heavy atom. The van der Waals surface area contributed by atoms with Crippen molar-refractivity contribution in [1.29, 1.82) is 0 Å². The number of benzene rings is 1. The van der Waals surface area contributed by atoms with Gasteiger partial charge in [-0.3, -0.25) is 10.1 Å². The number of rotatable bonds is 4. The Balaban J connectivity index is 2.03. The second-order valence-corrected chi connectivity index (χ2v) is 4.99. The predicted octanol–water partition coefficient (Wildman–Crippen LogP) is 2.13. The second-order valence-electron chi connectivity index (χ2n) is 4.23. The summed E-state index contributed by atoms with van der Waals surface area (Å²) in [6.07, 6.45) is 2.77.